The van der Waals surface area contributed by atoms with Gasteiger partial charge < -0.3 is 14.6 Å². The number of carbonyl (C=O) groups is 1. The second-order valence-electron chi connectivity index (χ2n) is 8.10. The molecule has 2 atom stereocenters. The van der Waals surface area contributed by atoms with Gasteiger partial charge in [-0.15, -0.1) is 0 Å². The van der Waals surface area contributed by atoms with E-state index < -0.39 is 0 Å². The van der Waals surface area contributed by atoms with Crippen molar-refractivity contribution in [1.29, 1.82) is 0 Å². The Morgan fingerprint density at radius 1 is 1.03 bits per heavy atom. The first-order chi connectivity index (χ1) is 14.0. The van der Waals surface area contributed by atoms with Gasteiger partial charge >= 0.3 is 0 Å². The number of nitrogens with one attached hydrogen (secondary N) is 1. The molecule has 1 amide bonds. The van der Waals surface area contributed by atoms with Gasteiger partial charge in [-0.05, 0) is 37.1 Å². The van der Waals surface area contributed by atoms with Gasteiger partial charge in [-0.3, -0.25) is 9.69 Å². The van der Waals surface area contributed by atoms with Crippen LogP contribution in [0.4, 0.5) is 0 Å². The quantitative estimate of drug-likeness (QED) is 0.721. The van der Waals surface area contributed by atoms with Gasteiger partial charge in [0.2, 0.25) is 0 Å². The number of aryl methyl sites for hydroxylation is 1. The number of ether oxygens (including phenoxy) is 1. The lowest BCUT2D eigenvalue weighted by atomic mass is 10.1. The highest BCUT2D eigenvalue weighted by atomic mass is 16.5. The topological polar surface area (TPSA) is 46.5 Å². The SMILES string of the molecule is CC1CN(Cc2ccc(CNC(=O)c3cc4ccccc4n3C)cc2)CC(C)O1. The van der Waals surface area contributed by atoms with Crippen LogP contribution in [0.2, 0.25) is 0 Å². The molecule has 3 aromatic rings. The van der Waals surface area contributed by atoms with Gasteiger partial charge in [-0.1, -0.05) is 42.5 Å². The van der Waals surface area contributed by atoms with E-state index in [4.69, 9.17) is 4.74 Å². The Kier molecular flexibility index (Phi) is 5.69. The fourth-order valence-corrected chi connectivity index (χ4v) is 4.21. The van der Waals surface area contributed by atoms with Crippen LogP contribution < -0.4 is 5.32 Å². The first-order valence-electron chi connectivity index (χ1n) is 10.3. The van der Waals surface area contributed by atoms with Crippen LogP contribution in [-0.4, -0.2) is 40.7 Å². The number of morpholine rings is 1. The van der Waals surface area contributed by atoms with Crippen molar-refractivity contribution in [1.82, 2.24) is 14.8 Å². The van der Waals surface area contributed by atoms with E-state index in [9.17, 15) is 4.79 Å². The van der Waals surface area contributed by atoms with E-state index in [2.05, 4.69) is 48.3 Å². The molecular formula is C24H29N3O2. The molecule has 5 heteroatoms. The highest BCUT2D eigenvalue weighted by molar-refractivity contribution is 5.98. The molecule has 4 rings (SSSR count). The van der Waals surface area contributed by atoms with Crippen LogP contribution in [0.1, 0.15) is 35.5 Å². The van der Waals surface area contributed by atoms with Crippen molar-refractivity contribution in [3.63, 3.8) is 0 Å². The summed E-state index contributed by atoms with van der Waals surface area (Å²) in [5.74, 6) is -0.0518. The number of fused-ring (bicyclic) bond motifs is 1. The Hall–Kier alpha value is -2.63. The maximum Gasteiger partial charge on any atom is 0.268 e. The predicted octanol–water partition coefficient (Wildman–Crippen LogP) is 3.72. The van der Waals surface area contributed by atoms with E-state index in [0.717, 1.165) is 36.1 Å². The van der Waals surface area contributed by atoms with Gasteiger partial charge in [0, 0.05) is 44.1 Å². The van der Waals surface area contributed by atoms with Gasteiger partial charge in [-0.2, -0.15) is 0 Å². The Balaban J connectivity index is 1.35. The van der Waals surface area contributed by atoms with E-state index in [0.29, 0.717) is 12.2 Å². The van der Waals surface area contributed by atoms with E-state index in [1.807, 2.05) is 41.9 Å². The van der Waals surface area contributed by atoms with Crippen molar-refractivity contribution >= 4 is 16.8 Å². The molecule has 0 aliphatic carbocycles. The summed E-state index contributed by atoms with van der Waals surface area (Å²) < 4.78 is 7.75. The number of benzene rings is 2. The Morgan fingerprint density at radius 3 is 2.38 bits per heavy atom. The molecule has 1 saturated heterocycles. The second-order valence-corrected chi connectivity index (χ2v) is 8.10. The van der Waals surface area contributed by atoms with Crippen molar-refractivity contribution in [3.8, 4) is 0 Å². The minimum atomic E-state index is -0.0518. The van der Waals surface area contributed by atoms with Crippen molar-refractivity contribution in [2.45, 2.75) is 39.1 Å². The third-order valence-electron chi connectivity index (χ3n) is 5.56. The third-order valence-corrected chi connectivity index (χ3v) is 5.56. The minimum absolute atomic E-state index is 0.0518. The molecule has 1 aliphatic rings. The zero-order valence-corrected chi connectivity index (χ0v) is 17.4. The lowest BCUT2D eigenvalue weighted by Gasteiger charge is -2.35. The summed E-state index contributed by atoms with van der Waals surface area (Å²) in [5, 5.41) is 4.12. The lowest BCUT2D eigenvalue weighted by molar-refractivity contribution is -0.0704. The van der Waals surface area contributed by atoms with E-state index in [1.165, 1.54) is 5.56 Å². The van der Waals surface area contributed by atoms with Gasteiger partial charge in [-0.25, -0.2) is 0 Å². The van der Waals surface area contributed by atoms with Crippen LogP contribution in [0, 0.1) is 0 Å². The van der Waals surface area contributed by atoms with E-state index in [-0.39, 0.29) is 18.1 Å². The predicted molar refractivity (Wildman–Crippen MR) is 116 cm³/mol. The number of hydrogen-bond acceptors (Lipinski definition) is 3. The Labute approximate surface area is 172 Å². The molecule has 1 aromatic heterocycles. The summed E-state index contributed by atoms with van der Waals surface area (Å²) in [6.45, 7) is 7.64. The molecule has 1 N–H and O–H groups in total. The molecule has 1 fully saturated rings. The number of nitrogens with zero attached hydrogens (tertiary/aromatic N) is 2. The zero-order valence-electron chi connectivity index (χ0n) is 17.4. The van der Waals surface area contributed by atoms with Crippen LogP contribution in [0.5, 0.6) is 0 Å². The van der Waals surface area contributed by atoms with Crippen molar-refractivity contribution in [2.75, 3.05) is 13.1 Å². The molecule has 2 unspecified atom stereocenters. The van der Waals surface area contributed by atoms with Crippen LogP contribution in [-0.2, 0) is 24.9 Å². The molecule has 0 bridgehead atoms. The van der Waals surface area contributed by atoms with Gasteiger partial charge in [0.15, 0.2) is 0 Å². The van der Waals surface area contributed by atoms with E-state index >= 15 is 0 Å². The van der Waals surface area contributed by atoms with Crippen LogP contribution in [0.15, 0.2) is 54.6 Å². The van der Waals surface area contributed by atoms with Gasteiger partial charge in [0.1, 0.15) is 5.69 Å². The minimum Gasteiger partial charge on any atom is -0.373 e. The molecule has 29 heavy (non-hydrogen) atoms. The lowest BCUT2D eigenvalue weighted by Crippen LogP contribution is -2.44. The number of hydrogen-bond donors (Lipinski definition) is 1. The zero-order chi connectivity index (χ0) is 20.4. The molecular weight excluding hydrogens is 362 g/mol. The first-order valence-corrected chi connectivity index (χ1v) is 10.3. The van der Waals surface area contributed by atoms with E-state index in [1.54, 1.807) is 0 Å². The summed E-state index contributed by atoms with van der Waals surface area (Å²) in [7, 11) is 1.93. The Morgan fingerprint density at radius 2 is 1.69 bits per heavy atom. The number of rotatable bonds is 5. The van der Waals surface area contributed by atoms with Crippen LogP contribution in [0.3, 0.4) is 0 Å². The average molecular weight is 392 g/mol. The molecule has 0 saturated carbocycles. The maximum atomic E-state index is 12.6. The summed E-state index contributed by atoms with van der Waals surface area (Å²) in [6.07, 6.45) is 0.560. The summed E-state index contributed by atoms with van der Waals surface area (Å²) in [5.41, 5.74) is 4.13. The Bertz CT molecular complexity index is 983. The van der Waals surface area contributed by atoms with Crippen molar-refractivity contribution in [2.24, 2.45) is 7.05 Å². The fourth-order valence-electron chi connectivity index (χ4n) is 4.21. The third kappa shape index (κ3) is 4.52. The van der Waals surface area contributed by atoms with Gasteiger partial charge in [0.25, 0.3) is 5.91 Å². The molecule has 0 spiro atoms. The van der Waals surface area contributed by atoms with Crippen LogP contribution in [0.25, 0.3) is 10.9 Å². The van der Waals surface area contributed by atoms with Gasteiger partial charge in [0.05, 0.1) is 12.2 Å². The normalized spacial score (nSPS) is 20.1. The largest absolute Gasteiger partial charge is 0.373 e. The highest BCUT2D eigenvalue weighted by Gasteiger charge is 2.22. The molecule has 2 aromatic carbocycles. The molecule has 0 radical (unpaired) electrons. The first kappa shape index (κ1) is 19.7. The number of para-hydroxylation sites is 1. The molecule has 2 heterocycles. The number of amides is 1. The summed E-state index contributed by atoms with van der Waals surface area (Å²) >= 11 is 0. The average Bonchev–Trinajstić information content (AvgIpc) is 3.03. The number of aromatic nitrogens is 1. The maximum absolute atomic E-state index is 12.6. The van der Waals surface area contributed by atoms with Crippen molar-refractivity contribution in [3.05, 3.63) is 71.4 Å². The highest BCUT2D eigenvalue weighted by Crippen LogP contribution is 2.18. The van der Waals surface area contributed by atoms with Crippen molar-refractivity contribution < 1.29 is 9.53 Å². The monoisotopic (exact) mass is 391 g/mol. The summed E-state index contributed by atoms with van der Waals surface area (Å²) in [6, 6.07) is 18.5. The standard InChI is InChI=1S/C24H29N3O2/c1-17-14-27(15-18(2)29-17)16-20-10-8-19(9-11-20)13-25-24(28)23-12-21-6-4-5-7-22(21)26(23)3/h4-12,17-18H,13-16H2,1-3H3,(H,25,28). The summed E-state index contributed by atoms with van der Waals surface area (Å²) in [4.78, 5) is 15.1. The second kappa shape index (κ2) is 8.39. The smallest absolute Gasteiger partial charge is 0.268 e. The fraction of sp³-hybridized carbons (Fsp3) is 0.375. The molecule has 5 nitrogen and oxygen atoms in total. The molecule has 152 valence electrons. The van der Waals surface area contributed by atoms with Crippen LogP contribution >= 0.6 is 0 Å². The number of carbonyl (C=O) groups excluding carboxylic acids is 1. The molecule has 1 aliphatic heterocycles.